The fourth-order valence-corrected chi connectivity index (χ4v) is 3.15. The van der Waals surface area contributed by atoms with Gasteiger partial charge in [-0.3, -0.25) is 0 Å². The summed E-state index contributed by atoms with van der Waals surface area (Å²) < 4.78 is 6.54. The van der Waals surface area contributed by atoms with Gasteiger partial charge in [-0.05, 0) is 37.9 Å². The maximum Gasteiger partial charge on any atom is 0.108 e. The smallest absolute Gasteiger partial charge is 0.108 e. The molecule has 1 fully saturated rings. The highest BCUT2D eigenvalue weighted by Gasteiger charge is 2.26. The highest BCUT2D eigenvalue weighted by atomic mass is 16.5. The van der Waals surface area contributed by atoms with Crippen molar-refractivity contribution in [2.24, 2.45) is 0 Å². The molecule has 22 heavy (non-hydrogen) atoms. The highest BCUT2D eigenvalue weighted by molar-refractivity contribution is 5.30. The minimum absolute atomic E-state index is 0.0224. The van der Waals surface area contributed by atoms with Crippen molar-refractivity contribution >= 4 is 0 Å². The van der Waals surface area contributed by atoms with Crippen LogP contribution in [0.5, 0.6) is 0 Å². The topological polar surface area (TPSA) is 12.5 Å². The number of likely N-dealkylation sites (tertiary alicyclic amines) is 1. The standard InChI is InChI=1S/C20H25NO/c1-16-13-14-19(15-21(16)2)22-20(17-9-5-3-6-10-17)18-11-7-4-8-12-18/h3-12,16,19-20H,13-15H2,1-2H3. The Kier molecular flexibility index (Phi) is 4.91. The first-order chi connectivity index (χ1) is 10.7. The third-order valence-electron chi connectivity index (χ3n) is 4.68. The molecule has 0 saturated carbocycles. The van der Waals surface area contributed by atoms with Crippen LogP contribution in [0.3, 0.4) is 0 Å². The maximum atomic E-state index is 6.54. The Morgan fingerprint density at radius 2 is 1.45 bits per heavy atom. The molecule has 0 aliphatic carbocycles. The van der Waals surface area contributed by atoms with E-state index in [2.05, 4.69) is 79.5 Å². The molecule has 2 atom stereocenters. The summed E-state index contributed by atoms with van der Waals surface area (Å²) in [6.07, 6.45) is 2.67. The van der Waals surface area contributed by atoms with Gasteiger partial charge < -0.3 is 9.64 Å². The van der Waals surface area contributed by atoms with Crippen molar-refractivity contribution in [2.45, 2.75) is 38.0 Å². The summed E-state index contributed by atoms with van der Waals surface area (Å²) in [5, 5.41) is 0. The molecule has 0 aromatic heterocycles. The van der Waals surface area contributed by atoms with Crippen LogP contribution < -0.4 is 0 Å². The monoisotopic (exact) mass is 295 g/mol. The van der Waals surface area contributed by atoms with Gasteiger partial charge in [0, 0.05) is 12.6 Å². The van der Waals surface area contributed by atoms with E-state index in [4.69, 9.17) is 4.74 Å². The van der Waals surface area contributed by atoms with Crippen molar-refractivity contribution in [3.8, 4) is 0 Å². The van der Waals surface area contributed by atoms with Gasteiger partial charge in [0.25, 0.3) is 0 Å². The third kappa shape index (κ3) is 3.57. The first-order valence-electron chi connectivity index (χ1n) is 8.19. The molecule has 0 spiro atoms. The van der Waals surface area contributed by atoms with Crippen LogP contribution in [0.25, 0.3) is 0 Å². The van der Waals surface area contributed by atoms with E-state index < -0.39 is 0 Å². The predicted octanol–water partition coefficient (Wildman–Crippen LogP) is 4.28. The van der Waals surface area contributed by atoms with Crippen LogP contribution in [0.4, 0.5) is 0 Å². The SMILES string of the molecule is CC1CCC(OC(c2ccccc2)c2ccccc2)CN1C. The second-order valence-corrected chi connectivity index (χ2v) is 6.33. The molecule has 1 heterocycles. The fourth-order valence-electron chi connectivity index (χ4n) is 3.15. The van der Waals surface area contributed by atoms with Crippen LogP contribution in [-0.2, 0) is 4.74 Å². The van der Waals surface area contributed by atoms with Gasteiger partial charge in [-0.15, -0.1) is 0 Å². The molecule has 2 aromatic carbocycles. The number of hydrogen-bond acceptors (Lipinski definition) is 2. The minimum Gasteiger partial charge on any atom is -0.364 e. The number of rotatable bonds is 4. The van der Waals surface area contributed by atoms with Gasteiger partial charge in [-0.2, -0.15) is 0 Å². The van der Waals surface area contributed by atoms with Crippen LogP contribution in [-0.4, -0.2) is 30.6 Å². The molecule has 2 nitrogen and oxygen atoms in total. The van der Waals surface area contributed by atoms with Crippen LogP contribution in [0.15, 0.2) is 60.7 Å². The average Bonchev–Trinajstić information content (AvgIpc) is 2.57. The molecule has 116 valence electrons. The summed E-state index contributed by atoms with van der Waals surface area (Å²) in [6.45, 7) is 3.30. The first kappa shape index (κ1) is 15.3. The molecule has 2 unspecified atom stereocenters. The van der Waals surface area contributed by atoms with Gasteiger partial charge >= 0.3 is 0 Å². The number of likely N-dealkylation sites (N-methyl/N-ethyl adjacent to an activating group) is 1. The van der Waals surface area contributed by atoms with Crippen molar-refractivity contribution in [1.82, 2.24) is 4.90 Å². The van der Waals surface area contributed by atoms with E-state index in [1.54, 1.807) is 0 Å². The van der Waals surface area contributed by atoms with Crippen LogP contribution in [0.2, 0.25) is 0 Å². The molecule has 0 N–H and O–H groups in total. The zero-order chi connectivity index (χ0) is 15.4. The number of hydrogen-bond donors (Lipinski definition) is 0. The largest absolute Gasteiger partial charge is 0.364 e. The molecule has 0 amide bonds. The van der Waals surface area contributed by atoms with Gasteiger partial charge in [0.2, 0.25) is 0 Å². The zero-order valence-corrected chi connectivity index (χ0v) is 13.5. The average molecular weight is 295 g/mol. The van der Waals surface area contributed by atoms with E-state index in [9.17, 15) is 0 Å². The summed E-state index contributed by atoms with van der Waals surface area (Å²) in [5.74, 6) is 0. The Morgan fingerprint density at radius 1 is 0.909 bits per heavy atom. The van der Waals surface area contributed by atoms with Crippen molar-refractivity contribution < 1.29 is 4.74 Å². The second-order valence-electron chi connectivity index (χ2n) is 6.33. The molecule has 1 saturated heterocycles. The van der Waals surface area contributed by atoms with Crippen molar-refractivity contribution in [3.05, 3.63) is 71.8 Å². The van der Waals surface area contributed by atoms with Gasteiger partial charge in [-0.1, -0.05) is 60.7 Å². The van der Waals surface area contributed by atoms with E-state index in [-0.39, 0.29) is 6.10 Å². The Labute approximate surface area is 133 Å². The molecule has 0 bridgehead atoms. The van der Waals surface area contributed by atoms with E-state index in [1.165, 1.54) is 17.5 Å². The van der Waals surface area contributed by atoms with Crippen LogP contribution >= 0.6 is 0 Å². The molecule has 2 aromatic rings. The predicted molar refractivity (Wildman–Crippen MR) is 90.9 cm³/mol. The lowest BCUT2D eigenvalue weighted by Crippen LogP contribution is -2.42. The number of piperidine rings is 1. The van der Waals surface area contributed by atoms with Gasteiger partial charge in [0.1, 0.15) is 6.10 Å². The zero-order valence-electron chi connectivity index (χ0n) is 13.5. The van der Waals surface area contributed by atoms with Crippen LogP contribution in [0.1, 0.15) is 37.0 Å². The molecular weight excluding hydrogens is 270 g/mol. The summed E-state index contributed by atoms with van der Waals surface area (Å²) in [5.41, 5.74) is 2.46. The van der Waals surface area contributed by atoms with Crippen LogP contribution in [0, 0.1) is 0 Å². The maximum absolute atomic E-state index is 6.54. The van der Waals surface area contributed by atoms with Crippen molar-refractivity contribution in [2.75, 3.05) is 13.6 Å². The second kappa shape index (κ2) is 7.08. The van der Waals surface area contributed by atoms with Crippen molar-refractivity contribution in [1.29, 1.82) is 0 Å². The Balaban J connectivity index is 1.81. The van der Waals surface area contributed by atoms with E-state index in [0.717, 1.165) is 13.0 Å². The lowest BCUT2D eigenvalue weighted by Gasteiger charge is -2.37. The van der Waals surface area contributed by atoms with Gasteiger partial charge in [-0.25, -0.2) is 0 Å². The van der Waals surface area contributed by atoms with E-state index >= 15 is 0 Å². The summed E-state index contributed by atoms with van der Waals surface area (Å²) >= 11 is 0. The van der Waals surface area contributed by atoms with E-state index in [1.807, 2.05) is 0 Å². The Morgan fingerprint density at radius 3 is 1.95 bits per heavy atom. The Hall–Kier alpha value is -1.64. The summed E-state index contributed by atoms with van der Waals surface area (Å²) in [6, 6.07) is 21.8. The Bertz CT molecular complexity index is 529. The number of nitrogens with zero attached hydrogens (tertiary/aromatic N) is 1. The normalized spacial score (nSPS) is 22.9. The van der Waals surface area contributed by atoms with Gasteiger partial charge in [0.05, 0.1) is 6.10 Å². The summed E-state index contributed by atoms with van der Waals surface area (Å²) in [7, 11) is 2.19. The lowest BCUT2D eigenvalue weighted by molar-refractivity contribution is -0.0394. The molecule has 0 radical (unpaired) electrons. The highest BCUT2D eigenvalue weighted by Crippen LogP contribution is 2.30. The first-order valence-corrected chi connectivity index (χ1v) is 8.19. The lowest BCUT2D eigenvalue weighted by atomic mass is 9.99. The minimum atomic E-state index is 0.0224. The quantitative estimate of drug-likeness (QED) is 0.835. The third-order valence-corrected chi connectivity index (χ3v) is 4.68. The number of benzene rings is 2. The molecule has 2 heteroatoms. The fraction of sp³-hybridized carbons (Fsp3) is 0.400. The molecule has 3 rings (SSSR count). The summed E-state index contributed by atoms with van der Waals surface area (Å²) in [4.78, 5) is 2.40. The molecule has 1 aliphatic rings. The number of ether oxygens (including phenoxy) is 1. The van der Waals surface area contributed by atoms with Gasteiger partial charge in [0.15, 0.2) is 0 Å². The molecular formula is C20H25NO. The van der Waals surface area contributed by atoms with Crippen molar-refractivity contribution in [3.63, 3.8) is 0 Å². The molecule has 1 aliphatic heterocycles. The van der Waals surface area contributed by atoms with E-state index in [0.29, 0.717) is 12.1 Å².